The van der Waals surface area contributed by atoms with E-state index in [1.807, 2.05) is 11.7 Å². The molecule has 0 bridgehead atoms. The van der Waals surface area contributed by atoms with Crippen LogP contribution < -0.4 is 0 Å². The summed E-state index contributed by atoms with van der Waals surface area (Å²) in [6, 6.07) is 0. The summed E-state index contributed by atoms with van der Waals surface area (Å²) in [5, 5.41) is 4.52. The summed E-state index contributed by atoms with van der Waals surface area (Å²) in [7, 11) is 2.02. The van der Waals surface area contributed by atoms with Gasteiger partial charge in [0.25, 0.3) is 0 Å². The SMILES string of the molecule is Cc1nn(C)c(C)c1CN1CCc2nc(C3CC3)ncc2C1. The summed E-state index contributed by atoms with van der Waals surface area (Å²) in [5.74, 6) is 1.72. The van der Waals surface area contributed by atoms with Crippen molar-refractivity contribution in [1.82, 2.24) is 24.6 Å². The fourth-order valence-corrected chi connectivity index (χ4v) is 3.33. The van der Waals surface area contributed by atoms with Crippen LogP contribution in [-0.4, -0.2) is 31.2 Å². The van der Waals surface area contributed by atoms with Crippen LogP contribution in [0.5, 0.6) is 0 Å². The van der Waals surface area contributed by atoms with Gasteiger partial charge in [-0.15, -0.1) is 0 Å². The minimum Gasteiger partial charge on any atom is -0.294 e. The Morgan fingerprint density at radius 2 is 2.09 bits per heavy atom. The van der Waals surface area contributed by atoms with Crippen LogP contribution >= 0.6 is 0 Å². The van der Waals surface area contributed by atoms with Crippen molar-refractivity contribution in [2.24, 2.45) is 7.05 Å². The second-order valence-corrected chi connectivity index (χ2v) is 6.71. The molecule has 1 fully saturated rings. The van der Waals surface area contributed by atoms with Crippen molar-refractivity contribution in [1.29, 1.82) is 0 Å². The van der Waals surface area contributed by atoms with Crippen molar-refractivity contribution in [3.8, 4) is 0 Å². The molecule has 0 amide bonds. The maximum absolute atomic E-state index is 4.80. The molecule has 2 aromatic rings. The van der Waals surface area contributed by atoms with E-state index in [0.717, 1.165) is 37.6 Å². The molecule has 0 unspecified atom stereocenters. The van der Waals surface area contributed by atoms with Gasteiger partial charge < -0.3 is 0 Å². The monoisotopic (exact) mass is 297 g/mol. The smallest absolute Gasteiger partial charge is 0.131 e. The number of hydrogen-bond donors (Lipinski definition) is 0. The van der Waals surface area contributed by atoms with Crippen LogP contribution in [0.2, 0.25) is 0 Å². The predicted molar refractivity (Wildman–Crippen MR) is 84.5 cm³/mol. The van der Waals surface area contributed by atoms with Gasteiger partial charge in [0.1, 0.15) is 5.82 Å². The van der Waals surface area contributed by atoms with Crippen molar-refractivity contribution in [2.45, 2.75) is 52.1 Å². The Morgan fingerprint density at radius 3 is 2.77 bits per heavy atom. The maximum atomic E-state index is 4.80. The largest absolute Gasteiger partial charge is 0.294 e. The highest BCUT2D eigenvalue weighted by Crippen LogP contribution is 2.38. The first-order valence-electron chi connectivity index (χ1n) is 8.18. The number of hydrogen-bond acceptors (Lipinski definition) is 4. The maximum Gasteiger partial charge on any atom is 0.131 e. The fourth-order valence-electron chi connectivity index (χ4n) is 3.33. The van der Waals surface area contributed by atoms with E-state index in [9.17, 15) is 0 Å². The van der Waals surface area contributed by atoms with Crippen molar-refractivity contribution < 1.29 is 0 Å². The number of nitrogens with zero attached hydrogens (tertiary/aromatic N) is 5. The Kier molecular flexibility index (Phi) is 3.26. The highest BCUT2D eigenvalue weighted by atomic mass is 15.3. The second kappa shape index (κ2) is 5.16. The molecule has 116 valence electrons. The lowest BCUT2D eigenvalue weighted by Gasteiger charge is -2.28. The molecule has 4 rings (SSSR count). The lowest BCUT2D eigenvalue weighted by molar-refractivity contribution is 0.241. The Morgan fingerprint density at radius 1 is 1.27 bits per heavy atom. The first kappa shape index (κ1) is 13.9. The van der Waals surface area contributed by atoms with Gasteiger partial charge in [-0.1, -0.05) is 0 Å². The molecule has 5 nitrogen and oxygen atoms in total. The summed E-state index contributed by atoms with van der Waals surface area (Å²) >= 11 is 0. The third-order valence-corrected chi connectivity index (χ3v) is 5.01. The summed E-state index contributed by atoms with van der Waals surface area (Å²) in [5.41, 5.74) is 6.35. The molecule has 0 atom stereocenters. The molecule has 5 heteroatoms. The average Bonchev–Trinajstić information content (AvgIpc) is 3.32. The highest BCUT2D eigenvalue weighted by molar-refractivity contribution is 5.26. The molecule has 22 heavy (non-hydrogen) atoms. The topological polar surface area (TPSA) is 46.8 Å². The van der Waals surface area contributed by atoms with E-state index in [2.05, 4.69) is 35.0 Å². The van der Waals surface area contributed by atoms with Crippen LogP contribution in [-0.2, 0) is 26.6 Å². The summed E-state index contributed by atoms with van der Waals surface area (Å²) in [4.78, 5) is 11.9. The van der Waals surface area contributed by atoms with Crippen molar-refractivity contribution in [2.75, 3.05) is 6.54 Å². The first-order valence-corrected chi connectivity index (χ1v) is 8.18. The van der Waals surface area contributed by atoms with Gasteiger partial charge in [-0.05, 0) is 26.7 Å². The van der Waals surface area contributed by atoms with Crippen molar-refractivity contribution in [3.05, 3.63) is 40.2 Å². The van der Waals surface area contributed by atoms with Gasteiger partial charge in [-0.25, -0.2) is 9.97 Å². The second-order valence-electron chi connectivity index (χ2n) is 6.71. The van der Waals surface area contributed by atoms with Crippen LogP contribution in [0.15, 0.2) is 6.20 Å². The van der Waals surface area contributed by atoms with Crippen LogP contribution in [0.4, 0.5) is 0 Å². The Balaban J connectivity index is 1.52. The molecule has 1 aliphatic heterocycles. The molecule has 0 aromatic carbocycles. The molecular weight excluding hydrogens is 274 g/mol. The van der Waals surface area contributed by atoms with E-state index >= 15 is 0 Å². The predicted octanol–water partition coefficient (Wildman–Crippen LogP) is 2.26. The summed E-state index contributed by atoms with van der Waals surface area (Å²) in [6.07, 6.45) is 5.63. The molecule has 1 saturated carbocycles. The lowest BCUT2D eigenvalue weighted by Crippen LogP contribution is -2.31. The minimum atomic E-state index is 0.643. The number of aromatic nitrogens is 4. The first-order chi connectivity index (χ1) is 10.6. The van der Waals surface area contributed by atoms with E-state index in [1.54, 1.807) is 0 Å². The number of rotatable bonds is 3. The Hall–Kier alpha value is -1.75. The number of fused-ring (bicyclic) bond motifs is 1. The van der Waals surface area contributed by atoms with Crippen molar-refractivity contribution in [3.63, 3.8) is 0 Å². The standard InChI is InChI=1S/C17H23N5/c1-11-15(12(2)21(3)20-11)10-22-7-6-16-14(9-22)8-18-17(19-16)13-4-5-13/h8,13H,4-7,9-10H2,1-3H3. The average molecular weight is 297 g/mol. The third-order valence-electron chi connectivity index (χ3n) is 5.01. The number of aryl methyl sites for hydroxylation is 2. The lowest BCUT2D eigenvalue weighted by atomic mass is 10.1. The van der Waals surface area contributed by atoms with E-state index in [-0.39, 0.29) is 0 Å². The Labute approximate surface area is 131 Å². The molecule has 0 radical (unpaired) electrons. The molecule has 3 heterocycles. The Bertz CT molecular complexity index is 714. The minimum absolute atomic E-state index is 0.643. The van der Waals surface area contributed by atoms with Crippen LogP contribution in [0.3, 0.4) is 0 Å². The van der Waals surface area contributed by atoms with Gasteiger partial charge in [0.15, 0.2) is 0 Å². The zero-order valence-corrected chi connectivity index (χ0v) is 13.6. The summed E-state index contributed by atoms with van der Waals surface area (Å²) < 4.78 is 1.98. The summed E-state index contributed by atoms with van der Waals surface area (Å²) in [6.45, 7) is 7.24. The molecular formula is C17H23N5. The third kappa shape index (κ3) is 2.43. The zero-order valence-electron chi connectivity index (χ0n) is 13.6. The zero-order chi connectivity index (χ0) is 15.3. The van der Waals surface area contributed by atoms with E-state index in [1.165, 1.54) is 35.4 Å². The molecule has 2 aromatic heterocycles. The van der Waals surface area contributed by atoms with E-state index in [0.29, 0.717) is 5.92 Å². The van der Waals surface area contributed by atoms with E-state index in [4.69, 9.17) is 4.98 Å². The van der Waals surface area contributed by atoms with Gasteiger partial charge in [0.2, 0.25) is 0 Å². The van der Waals surface area contributed by atoms with Crippen LogP contribution in [0.25, 0.3) is 0 Å². The molecule has 0 N–H and O–H groups in total. The molecule has 1 aliphatic carbocycles. The molecule has 2 aliphatic rings. The molecule has 0 saturated heterocycles. The van der Waals surface area contributed by atoms with Crippen molar-refractivity contribution >= 4 is 0 Å². The van der Waals surface area contributed by atoms with Gasteiger partial charge in [0, 0.05) is 67.7 Å². The van der Waals surface area contributed by atoms with Gasteiger partial charge in [-0.2, -0.15) is 5.10 Å². The van der Waals surface area contributed by atoms with Gasteiger partial charge in [0.05, 0.1) is 5.69 Å². The quantitative estimate of drug-likeness (QED) is 0.872. The van der Waals surface area contributed by atoms with Gasteiger partial charge in [-0.3, -0.25) is 9.58 Å². The molecule has 0 spiro atoms. The van der Waals surface area contributed by atoms with Crippen LogP contribution in [0.1, 0.15) is 52.8 Å². The van der Waals surface area contributed by atoms with Crippen LogP contribution in [0, 0.1) is 13.8 Å². The normalized spacial score (nSPS) is 18.5. The van der Waals surface area contributed by atoms with Gasteiger partial charge >= 0.3 is 0 Å². The highest BCUT2D eigenvalue weighted by Gasteiger charge is 2.28. The van der Waals surface area contributed by atoms with E-state index < -0.39 is 0 Å². The fraction of sp³-hybridized carbons (Fsp3) is 0.588.